The molecule has 0 spiro atoms. The fraction of sp³-hybridized carbons (Fsp3) is 0.333. The van der Waals surface area contributed by atoms with Crippen LogP contribution in [0, 0.1) is 0 Å². The van der Waals surface area contributed by atoms with Gasteiger partial charge in [-0.15, -0.1) is 0 Å². The second kappa shape index (κ2) is 7.45. The molecular formula is C18H23BiCl2. The summed E-state index contributed by atoms with van der Waals surface area (Å²) in [6.07, 6.45) is 4.80. The van der Waals surface area contributed by atoms with Gasteiger partial charge in [0.25, 0.3) is 0 Å². The van der Waals surface area contributed by atoms with E-state index in [-0.39, 0.29) is 0 Å². The van der Waals surface area contributed by atoms with Gasteiger partial charge >= 0.3 is 137 Å². The normalized spacial score (nSPS) is 13.6. The van der Waals surface area contributed by atoms with E-state index in [9.17, 15) is 0 Å². The van der Waals surface area contributed by atoms with Gasteiger partial charge in [0, 0.05) is 0 Å². The fourth-order valence-corrected chi connectivity index (χ4v) is 20.8. The van der Waals surface area contributed by atoms with E-state index in [2.05, 4.69) is 31.2 Å². The van der Waals surface area contributed by atoms with E-state index in [1.165, 1.54) is 19.3 Å². The Hall–Kier alpha value is -0.0969. The standard InChI is InChI=1S/2C6H5.C6H13.Bi.2ClH/c2*1-2-4-6-5-3-1;1-3-5-6-4-2;;;/h2*1-5H;1,3-6H2,2H3;;2*1H/q;;;+2;;/p-2. The van der Waals surface area contributed by atoms with E-state index in [0.717, 1.165) is 17.1 Å². The summed E-state index contributed by atoms with van der Waals surface area (Å²) in [5.74, 6) is 0. The predicted molar refractivity (Wildman–Crippen MR) is 98.6 cm³/mol. The molecule has 0 nitrogen and oxygen atoms in total. The molecule has 0 aliphatic carbocycles. The molecule has 2 rings (SSSR count). The molecule has 0 fully saturated rings. The van der Waals surface area contributed by atoms with Crippen LogP contribution in [0.2, 0.25) is 4.13 Å². The van der Waals surface area contributed by atoms with Crippen molar-refractivity contribution in [3.8, 4) is 0 Å². The van der Waals surface area contributed by atoms with Gasteiger partial charge in [0.15, 0.2) is 0 Å². The van der Waals surface area contributed by atoms with Crippen LogP contribution < -0.4 is 6.54 Å². The zero-order valence-electron chi connectivity index (χ0n) is 12.5. The van der Waals surface area contributed by atoms with Crippen molar-refractivity contribution < 1.29 is 0 Å². The molecule has 0 aliphatic rings. The van der Waals surface area contributed by atoms with E-state index in [1.54, 1.807) is 0 Å². The summed E-state index contributed by atoms with van der Waals surface area (Å²) in [7, 11) is 14.6. The zero-order valence-corrected chi connectivity index (χ0v) is 17.5. The Kier molecular flexibility index (Phi) is 6.12. The first-order valence-corrected chi connectivity index (χ1v) is 22.1. The Morgan fingerprint density at radius 3 is 1.62 bits per heavy atom. The number of rotatable bonds is 7. The van der Waals surface area contributed by atoms with Crippen molar-refractivity contribution in [2.75, 3.05) is 0 Å². The van der Waals surface area contributed by atoms with Crippen LogP contribution in [-0.2, 0) is 0 Å². The van der Waals surface area contributed by atoms with E-state index in [1.807, 2.05) is 36.4 Å². The van der Waals surface area contributed by atoms with E-state index in [0.29, 0.717) is 0 Å². The summed E-state index contributed by atoms with van der Waals surface area (Å²) in [6.45, 7) is 2.22. The van der Waals surface area contributed by atoms with Crippen LogP contribution in [0.15, 0.2) is 60.7 Å². The van der Waals surface area contributed by atoms with Gasteiger partial charge in [0.2, 0.25) is 0 Å². The van der Waals surface area contributed by atoms with Crippen LogP contribution in [0.5, 0.6) is 0 Å². The molecule has 0 aromatic heterocycles. The average Bonchev–Trinajstić information content (AvgIpc) is 2.54. The third kappa shape index (κ3) is 4.01. The van der Waals surface area contributed by atoms with Crippen LogP contribution >= 0.6 is 17.0 Å². The minimum atomic E-state index is -4.19. The number of unbranched alkanes of at least 4 members (excludes halogenated alkanes) is 3. The molecule has 21 heavy (non-hydrogen) atoms. The zero-order chi connectivity index (χ0) is 15.2. The molecule has 0 saturated heterocycles. The summed E-state index contributed by atoms with van der Waals surface area (Å²) >= 11 is -4.19. The van der Waals surface area contributed by atoms with Gasteiger partial charge in [-0.25, -0.2) is 0 Å². The summed E-state index contributed by atoms with van der Waals surface area (Å²) in [5.41, 5.74) is 0. The summed E-state index contributed by atoms with van der Waals surface area (Å²) < 4.78 is 3.26. The fourth-order valence-electron chi connectivity index (χ4n) is 2.66. The Morgan fingerprint density at radius 2 is 1.19 bits per heavy atom. The maximum atomic E-state index is 7.30. The molecule has 0 radical (unpaired) electrons. The molecule has 0 bridgehead atoms. The first kappa shape index (κ1) is 17.3. The maximum absolute atomic E-state index is 7.30. The van der Waals surface area contributed by atoms with Crippen molar-refractivity contribution in [3.05, 3.63) is 60.7 Å². The number of hydrogen-bond donors (Lipinski definition) is 0. The predicted octanol–water partition coefficient (Wildman–Crippen LogP) is 5.25. The molecule has 0 saturated carbocycles. The topological polar surface area (TPSA) is 0 Å². The molecule has 0 N–H and O–H groups in total. The number of hydrogen-bond acceptors (Lipinski definition) is 0. The molecule has 3 heteroatoms. The molecule has 0 aliphatic heterocycles. The van der Waals surface area contributed by atoms with Crippen LogP contribution in [0.25, 0.3) is 0 Å². The van der Waals surface area contributed by atoms with E-state index in [4.69, 9.17) is 17.0 Å². The van der Waals surface area contributed by atoms with Crippen molar-refractivity contribution in [1.82, 2.24) is 0 Å². The molecule has 2 aromatic carbocycles. The van der Waals surface area contributed by atoms with Crippen molar-refractivity contribution in [1.29, 1.82) is 0 Å². The van der Waals surface area contributed by atoms with Crippen LogP contribution in [0.1, 0.15) is 32.6 Å². The van der Waals surface area contributed by atoms with Gasteiger partial charge in [-0.1, -0.05) is 0 Å². The molecule has 2 aromatic rings. The van der Waals surface area contributed by atoms with E-state index < -0.39 is 16.4 Å². The van der Waals surface area contributed by atoms with Gasteiger partial charge in [0.05, 0.1) is 0 Å². The molecule has 0 heterocycles. The number of halogens is 2. The van der Waals surface area contributed by atoms with Crippen molar-refractivity contribution in [2.24, 2.45) is 0 Å². The quantitative estimate of drug-likeness (QED) is 0.346. The monoisotopic (exact) mass is 518 g/mol. The SMILES string of the molecule is CCCCC[CH2][Bi]([Cl])([Cl])([c]1ccccc1)[c]1ccccc1. The summed E-state index contributed by atoms with van der Waals surface area (Å²) in [4.78, 5) is 0. The molecule has 0 atom stereocenters. The van der Waals surface area contributed by atoms with Crippen LogP contribution in [-0.4, -0.2) is 16.4 Å². The van der Waals surface area contributed by atoms with Gasteiger partial charge in [-0.3, -0.25) is 0 Å². The van der Waals surface area contributed by atoms with Crippen molar-refractivity contribution in [2.45, 2.75) is 36.7 Å². The van der Waals surface area contributed by atoms with Gasteiger partial charge < -0.3 is 0 Å². The van der Waals surface area contributed by atoms with Crippen LogP contribution in [0.4, 0.5) is 0 Å². The molecule has 114 valence electrons. The molecule has 0 unspecified atom stereocenters. The first-order valence-electron chi connectivity index (χ1n) is 7.63. The van der Waals surface area contributed by atoms with Gasteiger partial charge in [0.1, 0.15) is 0 Å². The van der Waals surface area contributed by atoms with Crippen molar-refractivity contribution >= 4 is 40.0 Å². The second-order valence-corrected chi connectivity index (χ2v) is 34.2. The Morgan fingerprint density at radius 1 is 0.714 bits per heavy atom. The van der Waals surface area contributed by atoms with E-state index >= 15 is 0 Å². The first-order chi connectivity index (χ1) is 10.1. The molecular weight excluding hydrogens is 496 g/mol. The second-order valence-electron chi connectivity index (χ2n) is 5.52. The van der Waals surface area contributed by atoms with Crippen LogP contribution in [0.3, 0.4) is 0 Å². The minimum absolute atomic E-state index is 0.933. The summed E-state index contributed by atoms with van der Waals surface area (Å²) in [5, 5.41) is 0. The number of benzene rings is 2. The third-order valence-corrected chi connectivity index (χ3v) is 28.2. The molecule has 0 amide bonds. The Bertz CT molecular complexity index is 508. The average molecular weight is 519 g/mol. The van der Waals surface area contributed by atoms with Crippen molar-refractivity contribution in [3.63, 3.8) is 0 Å². The Labute approximate surface area is 136 Å². The third-order valence-electron chi connectivity index (χ3n) is 3.93. The van der Waals surface area contributed by atoms with Gasteiger partial charge in [-0.2, -0.15) is 0 Å². The summed E-state index contributed by atoms with van der Waals surface area (Å²) in [6, 6.07) is 20.7. The van der Waals surface area contributed by atoms with Gasteiger partial charge in [-0.05, 0) is 0 Å². The Balaban J connectivity index is 2.39.